The van der Waals surface area contributed by atoms with E-state index in [2.05, 4.69) is 6.92 Å². The minimum absolute atomic E-state index is 0.00844. The summed E-state index contributed by atoms with van der Waals surface area (Å²) in [5.41, 5.74) is -3.55. The molecule has 0 N–H and O–H groups in total. The van der Waals surface area contributed by atoms with Gasteiger partial charge in [0, 0.05) is 0 Å². The van der Waals surface area contributed by atoms with Crippen molar-refractivity contribution >= 4 is 0 Å². The molecule has 1 aromatic carbocycles. The van der Waals surface area contributed by atoms with Gasteiger partial charge in [-0.25, -0.2) is 4.39 Å². The lowest BCUT2D eigenvalue weighted by molar-refractivity contribution is -0.281. The summed E-state index contributed by atoms with van der Waals surface area (Å²) in [6.07, 6.45) is -2.96. The van der Waals surface area contributed by atoms with Crippen LogP contribution in [-0.4, -0.2) is 25.4 Å². The van der Waals surface area contributed by atoms with Gasteiger partial charge in [-0.15, -0.1) is 0 Å². The zero-order chi connectivity index (χ0) is 25.6. The second-order valence-electron chi connectivity index (χ2n) is 9.75. The van der Waals surface area contributed by atoms with E-state index < -0.39 is 41.1 Å². The Balaban J connectivity index is 1.64. The van der Waals surface area contributed by atoms with Gasteiger partial charge < -0.3 is 14.2 Å². The maximum Gasteiger partial charge on any atom is 0.419 e. The molecule has 200 valence electrons. The van der Waals surface area contributed by atoms with Crippen LogP contribution in [0.15, 0.2) is 12.1 Å². The van der Waals surface area contributed by atoms with Gasteiger partial charge >= 0.3 is 12.3 Å². The predicted molar refractivity (Wildman–Crippen MR) is 120 cm³/mol. The number of rotatable bonds is 10. The Bertz CT molecular complexity index is 797. The summed E-state index contributed by atoms with van der Waals surface area (Å²) in [6.45, 7) is 4.61. The van der Waals surface area contributed by atoms with Gasteiger partial charge in [0.15, 0.2) is 11.6 Å². The molecule has 3 nitrogen and oxygen atoms in total. The number of unbranched alkanes of at least 4 members (excludes halogenated alkanes) is 1. The largest absolute Gasteiger partial charge is 0.491 e. The first-order valence-electron chi connectivity index (χ1n) is 12.8. The first-order valence-corrected chi connectivity index (χ1v) is 12.8. The third kappa shape index (κ3) is 7.28. The van der Waals surface area contributed by atoms with Crippen molar-refractivity contribution in [3.63, 3.8) is 0 Å². The number of benzene rings is 1. The average Bonchev–Trinajstić information content (AvgIpc) is 2.80. The van der Waals surface area contributed by atoms with E-state index in [9.17, 15) is 26.3 Å². The van der Waals surface area contributed by atoms with E-state index in [1.54, 1.807) is 0 Å². The SMILES string of the molecule is CCCCOc1ccc(C(F)(F)OC2CCC(C3CCC(CCC)OC3)CC2)c(C(F)(F)F)c1F. The van der Waals surface area contributed by atoms with Crippen LogP contribution in [0, 0.1) is 17.7 Å². The van der Waals surface area contributed by atoms with Crippen molar-refractivity contribution < 1.29 is 40.6 Å². The second-order valence-corrected chi connectivity index (χ2v) is 9.75. The fourth-order valence-electron chi connectivity index (χ4n) is 5.21. The van der Waals surface area contributed by atoms with Crippen LogP contribution in [0.3, 0.4) is 0 Å². The van der Waals surface area contributed by atoms with Gasteiger partial charge in [-0.05, 0) is 75.3 Å². The summed E-state index contributed by atoms with van der Waals surface area (Å²) >= 11 is 0. The molecule has 2 atom stereocenters. The summed E-state index contributed by atoms with van der Waals surface area (Å²) in [7, 11) is 0. The Morgan fingerprint density at radius 1 is 0.914 bits per heavy atom. The maximum absolute atomic E-state index is 15.0. The van der Waals surface area contributed by atoms with Crippen LogP contribution in [-0.2, 0) is 21.8 Å². The van der Waals surface area contributed by atoms with Gasteiger partial charge in [0.25, 0.3) is 0 Å². The van der Waals surface area contributed by atoms with Crippen molar-refractivity contribution in [3.8, 4) is 5.75 Å². The molecule has 1 aliphatic heterocycles. The quantitative estimate of drug-likeness (QED) is 0.234. The lowest BCUT2D eigenvalue weighted by Crippen LogP contribution is -2.36. The number of halogens is 6. The van der Waals surface area contributed by atoms with E-state index >= 15 is 0 Å². The molecule has 0 spiro atoms. The van der Waals surface area contributed by atoms with Crippen molar-refractivity contribution in [2.24, 2.45) is 11.8 Å². The molecule has 0 radical (unpaired) electrons. The maximum atomic E-state index is 15.0. The van der Waals surface area contributed by atoms with Gasteiger partial charge in [-0.3, -0.25) is 0 Å². The van der Waals surface area contributed by atoms with Crippen molar-refractivity contribution in [1.82, 2.24) is 0 Å². The Hall–Kier alpha value is -1.48. The van der Waals surface area contributed by atoms with E-state index in [1.807, 2.05) is 6.92 Å². The standard InChI is InChI=1S/C26H36F6O3/c1-3-5-15-33-22-14-13-21(23(24(22)27)25(28,29)30)26(31,32)35-20-11-7-17(8-12-20)18-9-10-19(6-4-2)34-16-18/h13-14,17-20H,3-12,15-16H2,1-2H3. The Labute approximate surface area is 203 Å². The molecule has 2 unspecified atom stereocenters. The summed E-state index contributed by atoms with van der Waals surface area (Å²) in [6, 6.07) is 1.38. The number of hydrogen-bond donors (Lipinski definition) is 0. The van der Waals surface area contributed by atoms with E-state index in [1.165, 1.54) is 0 Å². The second kappa shape index (κ2) is 12.2. The van der Waals surface area contributed by atoms with Gasteiger partial charge in [0.05, 0.1) is 31.0 Å². The topological polar surface area (TPSA) is 27.7 Å². The summed E-state index contributed by atoms with van der Waals surface area (Å²) in [5.74, 6) is -1.83. The van der Waals surface area contributed by atoms with Crippen LogP contribution >= 0.6 is 0 Å². The Morgan fingerprint density at radius 2 is 1.60 bits per heavy atom. The van der Waals surface area contributed by atoms with Crippen molar-refractivity contribution in [2.75, 3.05) is 13.2 Å². The third-order valence-corrected chi connectivity index (χ3v) is 7.18. The van der Waals surface area contributed by atoms with Crippen LogP contribution in [0.5, 0.6) is 5.75 Å². The van der Waals surface area contributed by atoms with E-state index in [0.717, 1.165) is 31.7 Å². The van der Waals surface area contributed by atoms with E-state index in [4.69, 9.17) is 14.2 Å². The van der Waals surface area contributed by atoms with Crippen molar-refractivity contribution in [1.29, 1.82) is 0 Å². The molecular weight excluding hydrogens is 474 g/mol. The molecule has 2 aliphatic rings. The molecular formula is C26H36F6O3. The van der Waals surface area contributed by atoms with Crippen LogP contribution in [0.1, 0.15) is 89.2 Å². The number of hydrogen-bond acceptors (Lipinski definition) is 3. The molecule has 0 aromatic heterocycles. The molecule has 1 saturated carbocycles. The molecule has 2 fully saturated rings. The van der Waals surface area contributed by atoms with Crippen LogP contribution in [0.2, 0.25) is 0 Å². The highest BCUT2D eigenvalue weighted by Crippen LogP contribution is 2.46. The fourth-order valence-corrected chi connectivity index (χ4v) is 5.21. The molecule has 1 aromatic rings. The summed E-state index contributed by atoms with van der Waals surface area (Å²) in [5, 5.41) is 0. The lowest BCUT2D eigenvalue weighted by Gasteiger charge is -2.38. The number of alkyl halides is 5. The van der Waals surface area contributed by atoms with Crippen molar-refractivity contribution in [2.45, 2.75) is 103 Å². The predicted octanol–water partition coefficient (Wildman–Crippen LogP) is 8.24. The molecule has 0 amide bonds. The van der Waals surface area contributed by atoms with E-state index in [0.29, 0.717) is 69.1 Å². The number of ether oxygens (including phenoxy) is 3. The molecule has 0 bridgehead atoms. The minimum Gasteiger partial charge on any atom is -0.491 e. The first-order chi connectivity index (χ1) is 16.6. The molecule has 3 rings (SSSR count). The molecule has 1 saturated heterocycles. The van der Waals surface area contributed by atoms with Crippen LogP contribution in [0.4, 0.5) is 26.3 Å². The molecule has 1 heterocycles. The van der Waals surface area contributed by atoms with Gasteiger partial charge in [0.2, 0.25) is 0 Å². The molecule has 1 aliphatic carbocycles. The molecule has 9 heteroatoms. The Morgan fingerprint density at radius 3 is 2.17 bits per heavy atom. The van der Waals surface area contributed by atoms with Gasteiger partial charge in [-0.1, -0.05) is 26.7 Å². The fraction of sp³-hybridized carbons (Fsp3) is 0.769. The summed E-state index contributed by atoms with van der Waals surface area (Å²) in [4.78, 5) is 0. The monoisotopic (exact) mass is 510 g/mol. The van der Waals surface area contributed by atoms with E-state index in [-0.39, 0.29) is 6.61 Å². The Kier molecular flexibility index (Phi) is 9.77. The zero-order valence-corrected chi connectivity index (χ0v) is 20.4. The highest BCUT2D eigenvalue weighted by atomic mass is 19.4. The van der Waals surface area contributed by atoms with Crippen LogP contribution in [0.25, 0.3) is 0 Å². The smallest absolute Gasteiger partial charge is 0.419 e. The normalized spacial score (nSPS) is 26.1. The third-order valence-electron chi connectivity index (χ3n) is 7.18. The van der Waals surface area contributed by atoms with Crippen LogP contribution < -0.4 is 4.74 Å². The zero-order valence-electron chi connectivity index (χ0n) is 20.4. The first kappa shape index (κ1) is 28.1. The van der Waals surface area contributed by atoms with Gasteiger partial charge in [-0.2, -0.15) is 22.0 Å². The van der Waals surface area contributed by atoms with Crippen molar-refractivity contribution in [3.05, 3.63) is 29.1 Å². The molecule has 35 heavy (non-hydrogen) atoms. The van der Waals surface area contributed by atoms with Gasteiger partial charge in [0.1, 0.15) is 5.56 Å². The highest BCUT2D eigenvalue weighted by Gasteiger charge is 2.48. The highest BCUT2D eigenvalue weighted by molar-refractivity contribution is 5.41. The lowest BCUT2D eigenvalue weighted by atomic mass is 9.76. The minimum atomic E-state index is -5.33. The average molecular weight is 511 g/mol. The summed E-state index contributed by atoms with van der Waals surface area (Å²) < 4.78 is 101.